The number of likely N-dealkylation sites (tertiary alicyclic amines) is 1. The van der Waals surface area contributed by atoms with E-state index < -0.39 is 43.0 Å². The highest BCUT2D eigenvalue weighted by Crippen LogP contribution is 2.38. The van der Waals surface area contributed by atoms with Gasteiger partial charge in [0.2, 0.25) is 0 Å². The molecular weight excluding hydrogens is 313 g/mol. The molecule has 0 saturated carbocycles. The van der Waals surface area contributed by atoms with Crippen molar-refractivity contribution in [1.82, 2.24) is 4.90 Å². The van der Waals surface area contributed by atoms with E-state index in [-0.39, 0.29) is 12.0 Å². The number of benzene rings is 1. The van der Waals surface area contributed by atoms with Gasteiger partial charge in [0.1, 0.15) is 0 Å². The van der Waals surface area contributed by atoms with Crippen molar-refractivity contribution in [2.75, 3.05) is 13.1 Å². The highest BCUT2D eigenvalue weighted by molar-refractivity contribution is 5.95. The van der Waals surface area contributed by atoms with E-state index in [9.17, 15) is 22.8 Å². The SMILES string of the molecule is N#CCc1cccc(C(=O)N2C[C@@H](C(F)(F)F)[C@H](C(=O)O)C2)c1. The molecule has 0 spiro atoms. The molecule has 0 aliphatic carbocycles. The van der Waals surface area contributed by atoms with E-state index in [1.807, 2.05) is 6.07 Å². The van der Waals surface area contributed by atoms with Crippen LogP contribution >= 0.6 is 0 Å². The lowest BCUT2D eigenvalue weighted by atomic mass is 9.96. The molecule has 2 atom stereocenters. The van der Waals surface area contributed by atoms with Gasteiger partial charge in [-0.1, -0.05) is 12.1 Å². The summed E-state index contributed by atoms with van der Waals surface area (Å²) >= 11 is 0. The molecule has 5 nitrogen and oxygen atoms in total. The van der Waals surface area contributed by atoms with E-state index in [0.29, 0.717) is 5.56 Å². The number of hydrogen-bond acceptors (Lipinski definition) is 3. The second kappa shape index (κ2) is 6.28. The number of nitriles is 1. The molecule has 122 valence electrons. The molecule has 0 radical (unpaired) electrons. The normalized spacial score (nSPS) is 21.0. The van der Waals surface area contributed by atoms with Crippen LogP contribution in [0.4, 0.5) is 13.2 Å². The van der Waals surface area contributed by atoms with Crippen LogP contribution in [0.5, 0.6) is 0 Å². The smallest absolute Gasteiger partial charge is 0.394 e. The lowest BCUT2D eigenvalue weighted by molar-refractivity contribution is -0.187. The van der Waals surface area contributed by atoms with Gasteiger partial charge in [0.15, 0.2) is 0 Å². The van der Waals surface area contributed by atoms with Crippen molar-refractivity contribution in [1.29, 1.82) is 5.26 Å². The molecule has 1 aliphatic rings. The number of nitrogens with zero attached hydrogens (tertiary/aromatic N) is 2. The van der Waals surface area contributed by atoms with Crippen molar-refractivity contribution >= 4 is 11.9 Å². The van der Waals surface area contributed by atoms with Crippen LogP contribution in [0.1, 0.15) is 15.9 Å². The molecule has 1 aliphatic heterocycles. The minimum Gasteiger partial charge on any atom is -0.481 e. The number of carboxylic acids is 1. The fraction of sp³-hybridized carbons (Fsp3) is 0.400. The maximum absolute atomic E-state index is 12.9. The topological polar surface area (TPSA) is 81.4 Å². The van der Waals surface area contributed by atoms with Crippen LogP contribution < -0.4 is 0 Å². The molecule has 1 aromatic carbocycles. The molecule has 1 amide bonds. The van der Waals surface area contributed by atoms with Crippen molar-refractivity contribution in [3.63, 3.8) is 0 Å². The molecule has 2 rings (SSSR count). The summed E-state index contributed by atoms with van der Waals surface area (Å²) in [5.41, 5.74) is 0.712. The molecule has 23 heavy (non-hydrogen) atoms. The van der Waals surface area contributed by atoms with Crippen molar-refractivity contribution in [2.24, 2.45) is 11.8 Å². The minimum atomic E-state index is -4.68. The van der Waals surface area contributed by atoms with Crippen molar-refractivity contribution in [3.05, 3.63) is 35.4 Å². The highest BCUT2D eigenvalue weighted by Gasteiger charge is 2.53. The van der Waals surface area contributed by atoms with E-state index in [1.54, 1.807) is 6.07 Å². The average molecular weight is 326 g/mol. The maximum atomic E-state index is 12.9. The Kier molecular flexibility index (Phi) is 4.59. The summed E-state index contributed by atoms with van der Waals surface area (Å²) in [5, 5.41) is 17.6. The van der Waals surface area contributed by atoms with Gasteiger partial charge in [-0.3, -0.25) is 9.59 Å². The highest BCUT2D eigenvalue weighted by atomic mass is 19.4. The van der Waals surface area contributed by atoms with Gasteiger partial charge in [-0.25, -0.2) is 0 Å². The molecule has 1 N–H and O–H groups in total. The molecule has 8 heteroatoms. The zero-order valence-electron chi connectivity index (χ0n) is 11.9. The molecule has 0 aromatic heterocycles. The van der Waals surface area contributed by atoms with Crippen LogP contribution in [0.25, 0.3) is 0 Å². The fourth-order valence-corrected chi connectivity index (χ4v) is 2.64. The molecule has 1 heterocycles. The van der Waals surface area contributed by atoms with Crippen molar-refractivity contribution < 1.29 is 27.9 Å². The van der Waals surface area contributed by atoms with E-state index >= 15 is 0 Å². The largest absolute Gasteiger partial charge is 0.481 e. The van der Waals surface area contributed by atoms with Gasteiger partial charge < -0.3 is 10.0 Å². The first-order valence-electron chi connectivity index (χ1n) is 6.78. The Balaban J connectivity index is 2.22. The number of carbonyl (C=O) groups excluding carboxylic acids is 1. The number of aliphatic carboxylic acids is 1. The zero-order chi connectivity index (χ0) is 17.2. The Hall–Kier alpha value is -2.56. The lowest BCUT2D eigenvalue weighted by Gasteiger charge is -2.18. The second-order valence-electron chi connectivity index (χ2n) is 5.34. The number of amides is 1. The zero-order valence-corrected chi connectivity index (χ0v) is 11.9. The number of halogens is 3. The Morgan fingerprint density at radius 3 is 2.57 bits per heavy atom. The molecule has 0 unspecified atom stereocenters. The Bertz CT molecular complexity index is 667. The van der Waals surface area contributed by atoms with Gasteiger partial charge in [0, 0.05) is 18.7 Å². The van der Waals surface area contributed by atoms with E-state index in [2.05, 4.69) is 0 Å². The Morgan fingerprint density at radius 1 is 1.35 bits per heavy atom. The molecule has 1 saturated heterocycles. The molecule has 0 bridgehead atoms. The maximum Gasteiger partial charge on any atom is 0.394 e. The van der Waals surface area contributed by atoms with Gasteiger partial charge in [0.05, 0.1) is 24.3 Å². The van der Waals surface area contributed by atoms with Crippen LogP contribution in [0, 0.1) is 23.2 Å². The van der Waals surface area contributed by atoms with Crippen LogP contribution in [0.2, 0.25) is 0 Å². The first-order chi connectivity index (χ1) is 10.7. The molecule has 1 aromatic rings. The van der Waals surface area contributed by atoms with Crippen molar-refractivity contribution in [3.8, 4) is 6.07 Å². The summed E-state index contributed by atoms with van der Waals surface area (Å²) in [6.07, 6.45) is -4.61. The van der Waals surface area contributed by atoms with Crippen LogP contribution in [0.3, 0.4) is 0 Å². The predicted molar refractivity (Wildman–Crippen MR) is 72.3 cm³/mol. The van der Waals surface area contributed by atoms with E-state index in [4.69, 9.17) is 10.4 Å². The summed E-state index contributed by atoms with van der Waals surface area (Å²) in [6, 6.07) is 7.94. The van der Waals surface area contributed by atoms with Crippen LogP contribution in [0.15, 0.2) is 24.3 Å². The number of carboxylic acid groups (broad SMARTS) is 1. The van der Waals surface area contributed by atoms with Gasteiger partial charge in [-0.05, 0) is 17.7 Å². The van der Waals surface area contributed by atoms with Crippen molar-refractivity contribution in [2.45, 2.75) is 12.6 Å². The minimum absolute atomic E-state index is 0.0735. The second-order valence-corrected chi connectivity index (χ2v) is 5.34. The van der Waals surface area contributed by atoms with Crippen LogP contribution in [-0.4, -0.2) is 41.1 Å². The summed E-state index contributed by atoms with van der Waals surface area (Å²) < 4.78 is 38.8. The number of alkyl halides is 3. The Labute approximate surface area is 129 Å². The summed E-state index contributed by atoms with van der Waals surface area (Å²) in [6.45, 7) is -1.16. The third-order valence-corrected chi connectivity index (χ3v) is 3.80. The Morgan fingerprint density at radius 2 is 2.04 bits per heavy atom. The third kappa shape index (κ3) is 3.62. The molecule has 1 fully saturated rings. The summed E-state index contributed by atoms with van der Waals surface area (Å²) in [7, 11) is 0. The van der Waals surface area contributed by atoms with Gasteiger partial charge in [0.25, 0.3) is 5.91 Å². The first kappa shape index (κ1) is 16.8. The third-order valence-electron chi connectivity index (χ3n) is 3.80. The fourth-order valence-electron chi connectivity index (χ4n) is 2.64. The van der Waals surface area contributed by atoms with Gasteiger partial charge in [-0.2, -0.15) is 18.4 Å². The van der Waals surface area contributed by atoms with E-state index in [1.165, 1.54) is 18.2 Å². The monoisotopic (exact) mass is 326 g/mol. The van der Waals surface area contributed by atoms with Gasteiger partial charge >= 0.3 is 12.1 Å². The number of hydrogen-bond donors (Lipinski definition) is 1. The van der Waals surface area contributed by atoms with Crippen LogP contribution in [-0.2, 0) is 11.2 Å². The summed E-state index contributed by atoms with van der Waals surface area (Å²) in [5.74, 6) is -5.98. The van der Waals surface area contributed by atoms with E-state index in [0.717, 1.165) is 4.90 Å². The standard InChI is InChI=1S/C15H13F3N2O3/c16-15(17,18)12-8-20(7-11(12)14(22)23)13(21)10-3-1-2-9(6-10)4-5-19/h1-3,6,11-12H,4,7-8H2,(H,22,23)/t11-,12-/m1/s1. The number of rotatable bonds is 3. The predicted octanol–water partition coefficient (Wildman–Crippen LogP) is 2.09. The quantitative estimate of drug-likeness (QED) is 0.922. The number of carbonyl (C=O) groups is 2. The van der Waals surface area contributed by atoms with Gasteiger partial charge in [-0.15, -0.1) is 0 Å². The summed E-state index contributed by atoms with van der Waals surface area (Å²) in [4.78, 5) is 24.3. The lowest BCUT2D eigenvalue weighted by Crippen LogP contribution is -2.34. The first-order valence-corrected chi connectivity index (χ1v) is 6.78. The molecular formula is C15H13F3N2O3. The average Bonchev–Trinajstić information content (AvgIpc) is 2.92.